The maximum absolute atomic E-state index is 12.5. The lowest BCUT2D eigenvalue weighted by atomic mass is 10.2. The molecule has 1 N–H and O–H groups in total. The topological polar surface area (TPSA) is 67.2 Å². The standard InChI is InChI=1S/C17H20N4O2S/c1-12-10-16(20(2)19-12)21-9-8-14(17(21)23)18-15(22)11-24-13-6-4-3-5-7-13/h3-7,10,14H,8-9,11H2,1-2H3,(H,18,22)/t14-/m1/s1. The fourth-order valence-electron chi connectivity index (χ4n) is 2.79. The fraction of sp³-hybridized carbons (Fsp3) is 0.353. The van der Waals surface area contributed by atoms with Crippen LogP contribution in [0.3, 0.4) is 0 Å². The molecule has 0 unspecified atom stereocenters. The van der Waals surface area contributed by atoms with E-state index in [-0.39, 0.29) is 11.8 Å². The van der Waals surface area contributed by atoms with Gasteiger partial charge in [-0.1, -0.05) is 18.2 Å². The number of hydrogen-bond acceptors (Lipinski definition) is 4. The van der Waals surface area contributed by atoms with Gasteiger partial charge in [0, 0.05) is 24.6 Å². The van der Waals surface area contributed by atoms with E-state index in [0.717, 1.165) is 16.4 Å². The van der Waals surface area contributed by atoms with Crippen molar-refractivity contribution in [2.24, 2.45) is 7.05 Å². The SMILES string of the molecule is Cc1cc(N2CC[C@@H](NC(=O)CSc3ccccc3)C2=O)n(C)n1. The zero-order chi connectivity index (χ0) is 17.1. The molecular formula is C17H20N4O2S. The highest BCUT2D eigenvalue weighted by Gasteiger charge is 2.34. The predicted molar refractivity (Wildman–Crippen MR) is 94.0 cm³/mol. The van der Waals surface area contributed by atoms with E-state index >= 15 is 0 Å². The summed E-state index contributed by atoms with van der Waals surface area (Å²) in [4.78, 5) is 27.4. The Kier molecular flexibility index (Phi) is 4.89. The third kappa shape index (κ3) is 3.62. The Labute approximate surface area is 145 Å². The Morgan fingerprint density at radius 3 is 2.79 bits per heavy atom. The van der Waals surface area contributed by atoms with Crippen molar-refractivity contribution in [3.05, 3.63) is 42.1 Å². The van der Waals surface area contributed by atoms with Gasteiger partial charge in [0.2, 0.25) is 5.91 Å². The summed E-state index contributed by atoms with van der Waals surface area (Å²) >= 11 is 1.47. The summed E-state index contributed by atoms with van der Waals surface area (Å²) in [6.07, 6.45) is 0.616. The van der Waals surface area contributed by atoms with E-state index in [9.17, 15) is 9.59 Å². The number of nitrogens with one attached hydrogen (secondary N) is 1. The molecule has 1 fully saturated rings. The number of thioether (sulfide) groups is 1. The van der Waals surface area contributed by atoms with Crippen molar-refractivity contribution < 1.29 is 9.59 Å². The Morgan fingerprint density at radius 2 is 2.12 bits per heavy atom. The number of nitrogens with zero attached hydrogens (tertiary/aromatic N) is 3. The van der Waals surface area contributed by atoms with Crippen LogP contribution in [0.4, 0.5) is 5.82 Å². The first-order chi connectivity index (χ1) is 11.5. The first-order valence-corrected chi connectivity index (χ1v) is 8.82. The maximum Gasteiger partial charge on any atom is 0.250 e. The number of aryl methyl sites for hydroxylation is 2. The lowest BCUT2D eigenvalue weighted by molar-refractivity contribution is -0.124. The van der Waals surface area contributed by atoms with Gasteiger partial charge >= 0.3 is 0 Å². The van der Waals surface area contributed by atoms with Gasteiger partial charge in [0.05, 0.1) is 11.4 Å². The van der Waals surface area contributed by atoms with E-state index in [1.54, 1.807) is 9.58 Å². The molecule has 2 amide bonds. The lowest BCUT2D eigenvalue weighted by Crippen LogP contribution is -2.42. The third-order valence-electron chi connectivity index (χ3n) is 3.91. The molecule has 1 aliphatic rings. The number of amides is 2. The molecule has 126 valence electrons. The molecule has 1 saturated heterocycles. The fourth-order valence-corrected chi connectivity index (χ4v) is 3.52. The van der Waals surface area contributed by atoms with Gasteiger partial charge in [0.1, 0.15) is 11.9 Å². The zero-order valence-electron chi connectivity index (χ0n) is 13.7. The van der Waals surface area contributed by atoms with Crippen LogP contribution in [0.5, 0.6) is 0 Å². The second-order valence-electron chi connectivity index (χ2n) is 5.77. The van der Waals surface area contributed by atoms with E-state index in [1.165, 1.54) is 11.8 Å². The molecule has 0 bridgehead atoms. The van der Waals surface area contributed by atoms with Crippen LogP contribution in [-0.2, 0) is 16.6 Å². The summed E-state index contributed by atoms with van der Waals surface area (Å²) in [7, 11) is 1.82. The Hall–Kier alpha value is -2.28. The maximum atomic E-state index is 12.5. The first-order valence-electron chi connectivity index (χ1n) is 7.84. The highest BCUT2D eigenvalue weighted by atomic mass is 32.2. The molecule has 6 nitrogen and oxygen atoms in total. The van der Waals surface area contributed by atoms with Crippen LogP contribution >= 0.6 is 11.8 Å². The second-order valence-corrected chi connectivity index (χ2v) is 6.82. The van der Waals surface area contributed by atoms with Gasteiger partial charge in [-0.2, -0.15) is 5.10 Å². The van der Waals surface area contributed by atoms with Crippen LogP contribution in [0.2, 0.25) is 0 Å². The summed E-state index contributed by atoms with van der Waals surface area (Å²) in [5.41, 5.74) is 0.868. The van der Waals surface area contributed by atoms with Crippen molar-refractivity contribution in [3.8, 4) is 0 Å². The number of carbonyl (C=O) groups is 2. The van der Waals surface area contributed by atoms with Crippen LogP contribution in [-0.4, -0.2) is 39.9 Å². The average Bonchev–Trinajstić information content (AvgIpc) is 3.08. The molecule has 2 heterocycles. The molecule has 0 aliphatic carbocycles. The minimum atomic E-state index is -0.455. The summed E-state index contributed by atoms with van der Waals surface area (Å²) in [5.74, 6) is 0.882. The van der Waals surface area contributed by atoms with Crippen LogP contribution in [0.15, 0.2) is 41.3 Å². The van der Waals surface area contributed by atoms with Gasteiger partial charge in [0.15, 0.2) is 0 Å². The van der Waals surface area contributed by atoms with Crippen molar-refractivity contribution in [1.82, 2.24) is 15.1 Å². The summed E-state index contributed by atoms with van der Waals surface area (Å²) in [6.45, 7) is 2.48. The molecule has 24 heavy (non-hydrogen) atoms. The number of aromatic nitrogens is 2. The predicted octanol–water partition coefficient (Wildman–Crippen LogP) is 1.74. The quantitative estimate of drug-likeness (QED) is 0.839. The van der Waals surface area contributed by atoms with Gasteiger partial charge in [-0.05, 0) is 25.5 Å². The molecule has 0 radical (unpaired) electrons. The molecule has 0 spiro atoms. The highest BCUT2D eigenvalue weighted by Crippen LogP contribution is 2.22. The van der Waals surface area contributed by atoms with Crippen LogP contribution < -0.4 is 10.2 Å². The van der Waals surface area contributed by atoms with E-state index < -0.39 is 6.04 Å². The third-order valence-corrected chi connectivity index (χ3v) is 4.92. The van der Waals surface area contributed by atoms with Crippen LogP contribution in [0.1, 0.15) is 12.1 Å². The van der Waals surface area contributed by atoms with E-state index in [0.29, 0.717) is 18.7 Å². The second kappa shape index (κ2) is 7.09. The van der Waals surface area contributed by atoms with Gasteiger partial charge in [0.25, 0.3) is 5.91 Å². The van der Waals surface area contributed by atoms with Gasteiger partial charge in [-0.3, -0.25) is 19.2 Å². The van der Waals surface area contributed by atoms with Crippen molar-refractivity contribution in [3.63, 3.8) is 0 Å². The van der Waals surface area contributed by atoms with Gasteiger partial charge < -0.3 is 5.32 Å². The Balaban J connectivity index is 1.55. The molecule has 1 aromatic carbocycles. The molecule has 1 atom stereocenters. The lowest BCUT2D eigenvalue weighted by Gasteiger charge is -2.17. The molecule has 0 saturated carbocycles. The van der Waals surface area contributed by atoms with E-state index in [4.69, 9.17) is 0 Å². The van der Waals surface area contributed by atoms with Crippen molar-refractivity contribution >= 4 is 29.4 Å². The van der Waals surface area contributed by atoms with E-state index in [1.807, 2.05) is 50.4 Å². The molecule has 7 heteroatoms. The molecule has 1 aliphatic heterocycles. The van der Waals surface area contributed by atoms with Crippen molar-refractivity contribution in [1.29, 1.82) is 0 Å². The summed E-state index contributed by atoms with van der Waals surface area (Å²) in [5, 5.41) is 7.12. The zero-order valence-corrected chi connectivity index (χ0v) is 14.5. The van der Waals surface area contributed by atoms with Gasteiger partial charge in [-0.15, -0.1) is 11.8 Å². The first kappa shape index (κ1) is 16.6. The summed E-state index contributed by atoms with van der Waals surface area (Å²) < 4.78 is 1.70. The van der Waals surface area contributed by atoms with Crippen LogP contribution in [0, 0.1) is 6.92 Å². The summed E-state index contributed by atoms with van der Waals surface area (Å²) in [6, 6.07) is 11.2. The number of hydrogen-bond donors (Lipinski definition) is 1. The average molecular weight is 344 g/mol. The molecule has 3 rings (SSSR count). The van der Waals surface area contributed by atoms with Crippen LogP contribution in [0.25, 0.3) is 0 Å². The highest BCUT2D eigenvalue weighted by molar-refractivity contribution is 8.00. The largest absolute Gasteiger partial charge is 0.343 e. The molecule has 1 aromatic heterocycles. The number of anilines is 1. The number of rotatable bonds is 5. The smallest absolute Gasteiger partial charge is 0.250 e. The molecule has 2 aromatic rings. The minimum Gasteiger partial charge on any atom is -0.343 e. The monoisotopic (exact) mass is 344 g/mol. The number of carbonyl (C=O) groups excluding carboxylic acids is 2. The molecular weight excluding hydrogens is 324 g/mol. The Bertz CT molecular complexity index is 744. The minimum absolute atomic E-state index is 0.0731. The van der Waals surface area contributed by atoms with Gasteiger partial charge in [-0.25, -0.2) is 0 Å². The normalized spacial score (nSPS) is 17.3. The van der Waals surface area contributed by atoms with Crippen molar-refractivity contribution in [2.45, 2.75) is 24.3 Å². The van der Waals surface area contributed by atoms with Crippen molar-refractivity contribution in [2.75, 3.05) is 17.2 Å². The van der Waals surface area contributed by atoms with E-state index in [2.05, 4.69) is 10.4 Å². The number of benzene rings is 1. The Morgan fingerprint density at radius 1 is 1.38 bits per heavy atom.